The van der Waals surface area contributed by atoms with E-state index in [-0.39, 0.29) is 10.0 Å². The number of esters is 1. The molecule has 1 aliphatic carbocycles. The number of ether oxygens (including phenoxy) is 2. The summed E-state index contributed by atoms with van der Waals surface area (Å²) in [6, 6.07) is 4.78. The van der Waals surface area contributed by atoms with Crippen LogP contribution in [0.15, 0.2) is 18.2 Å². The van der Waals surface area contributed by atoms with Crippen LogP contribution in [0.3, 0.4) is 0 Å². The molecule has 0 radical (unpaired) electrons. The first-order valence-corrected chi connectivity index (χ1v) is 10.5. The minimum atomic E-state index is -0.412. The van der Waals surface area contributed by atoms with Crippen LogP contribution in [0.5, 0.6) is 0 Å². The van der Waals surface area contributed by atoms with Crippen molar-refractivity contribution in [3.63, 3.8) is 0 Å². The lowest BCUT2D eigenvalue weighted by atomic mass is 9.80. The third kappa shape index (κ3) is 4.57. The monoisotopic (exact) mass is 482 g/mol. The fraction of sp³-hybridized carbons (Fsp3) is 0.611. The van der Waals surface area contributed by atoms with Crippen molar-refractivity contribution in [1.29, 1.82) is 0 Å². The fourth-order valence-corrected chi connectivity index (χ4v) is 4.81. The van der Waals surface area contributed by atoms with Crippen molar-refractivity contribution in [2.45, 2.75) is 54.7 Å². The molecule has 0 aromatic heterocycles. The number of hydrogen-bond donors (Lipinski definition) is 0. The van der Waals surface area contributed by atoms with Crippen LogP contribution in [0.2, 0.25) is 10.0 Å². The Morgan fingerprint density at radius 2 is 2.04 bits per heavy atom. The Labute approximate surface area is 166 Å². The van der Waals surface area contributed by atoms with Gasteiger partial charge in [-0.15, -0.1) is 0 Å². The van der Waals surface area contributed by atoms with Crippen molar-refractivity contribution in [3.8, 4) is 0 Å². The van der Waals surface area contributed by atoms with Gasteiger partial charge in [0.25, 0.3) is 0 Å². The SMILES string of the molecule is O=C(OCC(I)C1CCC2CCCCC2O1)c1ccc(Cl)cc1Cl. The lowest BCUT2D eigenvalue weighted by Gasteiger charge is -2.40. The summed E-state index contributed by atoms with van der Waals surface area (Å²) in [5.74, 6) is 0.318. The van der Waals surface area contributed by atoms with Crippen molar-refractivity contribution in [2.24, 2.45) is 5.92 Å². The predicted molar refractivity (Wildman–Crippen MR) is 104 cm³/mol. The number of benzene rings is 1. The van der Waals surface area contributed by atoms with Gasteiger partial charge in [-0.1, -0.05) is 58.6 Å². The highest BCUT2D eigenvalue weighted by atomic mass is 127. The molecule has 1 saturated heterocycles. The van der Waals surface area contributed by atoms with Crippen molar-refractivity contribution >= 4 is 51.8 Å². The van der Waals surface area contributed by atoms with E-state index in [2.05, 4.69) is 22.6 Å². The van der Waals surface area contributed by atoms with Crippen LogP contribution >= 0.6 is 45.8 Å². The Hall–Kier alpha value is -0.0400. The normalized spacial score (nSPS) is 28.0. The van der Waals surface area contributed by atoms with Crippen LogP contribution in [-0.2, 0) is 9.47 Å². The van der Waals surface area contributed by atoms with Gasteiger partial charge in [-0.3, -0.25) is 0 Å². The van der Waals surface area contributed by atoms with Gasteiger partial charge >= 0.3 is 5.97 Å². The molecular formula is C18H21Cl2IO3. The van der Waals surface area contributed by atoms with Crippen LogP contribution < -0.4 is 0 Å². The van der Waals surface area contributed by atoms with Gasteiger partial charge in [0.2, 0.25) is 0 Å². The lowest BCUT2D eigenvalue weighted by Crippen LogP contribution is -2.42. The number of alkyl halides is 1. The quantitative estimate of drug-likeness (QED) is 0.314. The lowest BCUT2D eigenvalue weighted by molar-refractivity contribution is -0.100. The summed E-state index contributed by atoms with van der Waals surface area (Å²) in [6.45, 7) is 0.334. The molecule has 1 aromatic rings. The van der Waals surface area contributed by atoms with Crippen molar-refractivity contribution in [3.05, 3.63) is 33.8 Å². The van der Waals surface area contributed by atoms with Gasteiger partial charge in [-0.05, 0) is 49.8 Å². The summed E-state index contributed by atoms with van der Waals surface area (Å²) in [5.41, 5.74) is 0.349. The average Bonchev–Trinajstić information content (AvgIpc) is 2.59. The van der Waals surface area contributed by atoms with Gasteiger partial charge in [0.15, 0.2) is 0 Å². The van der Waals surface area contributed by atoms with Gasteiger partial charge in [0, 0.05) is 5.02 Å². The number of rotatable bonds is 4. The molecule has 1 saturated carbocycles. The summed E-state index contributed by atoms with van der Waals surface area (Å²) in [4.78, 5) is 12.2. The zero-order valence-electron chi connectivity index (χ0n) is 13.3. The van der Waals surface area contributed by atoms with Crippen molar-refractivity contribution in [2.75, 3.05) is 6.61 Å². The molecule has 4 unspecified atom stereocenters. The third-order valence-electron chi connectivity index (χ3n) is 4.94. The smallest absolute Gasteiger partial charge is 0.339 e. The Kier molecular flexibility index (Phi) is 6.69. The first-order chi connectivity index (χ1) is 11.5. The molecule has 2 aliphatic rings. The van der Waals surface area contributed by atoms with Crippen LogP contribution in [0.4, 0.5) is 0 Å². The molecule has 0 bridgehead atoms. The Morgan fingerprint density at radius 3 is 2.83 bits per heavy atom. The highest BCUT2D eigenvalue weighted by molar-refractivity contribution is 14.1. The molecule has 0 spiro atoms. The maximum Gasteiger partial charge on any atom is 0.339 e. The number of carbonyl (C=O) groups excluding carboxylic acids is 1. The van der Waals surface area contributed by atoms with E-state index in [0.717, 1.165) is 12.3 Å². The van der Waals surface area contributed by atoms with E-state index >= 15 is 0 Å². The van der Waals surface area contributed by atoms with Crippen LogP contribution in [0.1, 0.15) is 48.9 Å². The van der Waals surface area contributed by atoms with Gasteiger partial charge in [-0.25, -0.2) is 4.79 Å². The second kappa shape index (κ2) is 8.56. The van der Waals surface area contributed by atoms with Crippen LogP contribution in [-0.4, -0.2) is 28.7 Å². The van der Waals surface area contributed by atoms with E-state index in [0.29, 0.717) is 28.3 Å². The van der Waals surface area contributed by atoms with E-state index in [9.17, 15) is 4.79 Å². The van der Waals surface area contributed by atoms with Crippen LogP contribution in [0.25, 0.3) is 0 Å². The molecule has 24 heavy (non-hydrogen) atoms. The third-order valence-corrected chi connectivity index (χ3v) is 6.65. The van der Waals surface area contributed by atoms with E-state index < -0.39 is 5.97 Å². The second-order valence-electron chi connectivity index (χ2n) is 6.57. The van der Waals surface area contributed by atoms with E-state index in [1.807, 2.05) is 0 Å². The van der Waals surface area contributed by atoms with Crippen molar-refractivity contribution < 1.29 is 14.3 Å². The number of halogens is 3. The van der Waals surface area contributed by atoms with E-state index in [1.54, 1.807) is 18.2 Å². The Morgan fingerprint density at radius 1 is 1.25 bits per heavy atom. The maximum atomic E-state index is 12.2. The molecule has 0 amide bonds. The summed E-state index contributed by atoms with van der Waals surface area (Å²) in [5, 5.41) is 0.817. The summed E-state index contributed by atoms with van der Waals surface area (Å²) >= 11 is 14.2. The highest BCUT2D eigenvalue weighted by Crippen LogP contribution is 2.37. The highest BCUT2D eigenvalue weighted by Gasteiger charge is 2.35. The maximum absolute atomic E-state index is 12.2. The van der Waals surface area contributed by atoms with Gasteiger partial charge < -0.3 is 9.47 Å². The molecule has 0 N–H and O–H groups in total. The van der Waals surface area contributed by atoms with Crippen LogP contribution in [0, 0.1) is 5.92 Å². The first kappa shape index (κ1) is 18.7. The number of fused-ring (bicyclic) bond motifs is 1. The molecule has 3 nitrogen and oxygen atoms in total. The molecule has 1 aromatic carbocycles. The zero-order valence-corrected chi connectivity index (χ0v) is 17.0. The molecule has 132 valence electrons. The summed E-state index contributed by atoms with van der Waals surface area (Å²) < 4.78 is 11.9. The molecule has 2 fully saturated rings. The minimum Gasteiger partial charge on any atom is -0.461 e. The molecule has 1 aliphatic heterocycles. The minimum absolute atomic E-state index is 0.153. The Bertz CT molecular complexity index is 596. The molecule has 3 rings (SSSR count). The van der Waals surface area contributed by atoms with E-state index in [1.165, 1.54) is 32.1 Å². The van der Waals surface area contributed by atoms with E-state index in [4.69, 9.17) is 32.7 Å². The number of hydrogen-bond acceptors (Lipinski definition) is 3. The first-order valence-electron chi connectivity index (χ1n) is 8.46. The second-order valence-corrected chi connectivity index (χ2v) is 9.02. The summed E-state index contributed by atoms with van der Waals surface area (Å²) in [7, 11) is 0. The molecule has 6 heteroatoms. The fourth-order valence-electron chi connectivity index (χ4n) is 3.62. The standard InChI is InChI=1S/C18H21Cl2IO3/c19-12-6-7-13(14(20)9-12)18(22)23-10-15(21)17-8-5-11-3-1-2-4-16(11)24-17/h6-7,9,11,15-17H,1-5,8,10H2. The largest absolute Gasteiger partial charge is 0.461 e. The summed E-state index contributed by atoms with van der Waals surface area (Å²) in [6.07, 6.45) is 7.92. The van der Waals surface area contributed by atoms with Gasteiger partial charge in [0.1, 0.15) is 6.61 Å². The Balaban J connectivity index is 1.51. The topological polar surface area (TPSA) is 35.5 Å². The molecule has 1 heterocycles. The van der Waals surface area contributed by atoms with Gasteiger partial charge in [0.05, 0.1) is 26.7 Å². The molecule has 4 atom stereocenters. The average molecular weight is 483 g/mol. The predicted octanol–water partition coefficient (Wildman–Crippen LogP) is 5.69. The number of carbonyl (C=O) groups is 1. The van der Waals surface area contributed by atoms with Crippen molar-refractivity contribution in [1.82, 2.24) is 0 Å². The van der Waals surface area contributed by atoms with Gasteiger partial charge in [-0.2, -0.15) is 0 Å². The zero-order chi connectivity index (χ0) is 17.1. The molecular weight excluding hydrogens is 462 g/mol.